The molecule has 0 unspecified atom stereocenters. The van der Waals surface area contributed by atoms with Gasteiger partial charge in [0.2, 0.25) is 0 Å². The second-order valence-corrected chi connectivity index (χ2v) is 5.84. The number of rotatable bonds is 5. The Morgan fingerprint density at radius 1 is 1.30 bits per heavy atom. The van der Waals surface area contributed by atoms with Gasteiger partial charge in [-0.25, -0.2) is 0 Å². The first-order chi connectivity index (χ1) is 11.2. The average molecular weight is 314 g/mol. The highest BCUT2D eigenvalue weighted by molar-refractivity contribution is 5.94. The lowest BCUT2D eigenvalue weighted by Crippen LogP contribution is -2.28. The number of nitrogens with zero attached hydrogens (tertiary/aromatic N) is 1. The molecule has 1 aliphatic carbocycles. The standard InChI is InChI=1S/C18H22N2O3/c1-3-22-14-10-8-13(9-11-14)12(2)19-18(21)17-15-6-4-5-7-16(15)23-20-17/h8-12H,3-7H2,1-2H3,(H,19,21)/t12-/m0/s1. The Morgan fingerprint density at radius 2 is 2.04 bits per heavy atom. The van der Waals surface area contributed by atoms with Gasteiger partial charge in [0.05, 0.1) is 12.6 Å². The van der Waals surface area contributed by atoms with Crippen LogP contribution in [0.4, 0.5) is 0 Å². The first-order valence-corrected chi connectivity index (χ1v) is 8.20. The van der Waals surface area contributed by atoms with E-state index in [1.54, 1.807) is 0 Å². The normalized spacial score (nSPS) is 14.9. The molecule has 0 saturated heterocycles. The molecule has 1 aliphatic rings. The molecular formula is C18H22N2O3. The second-order valence-electron chi connectivity index (χ2n) is 5.84. The first-order valence-electron chi connectivity index (χ1n) is 8.20. The van der Waals surface area contributed by atoms with Gasteiger partial charge in [-0.15, -0.1) is 0 Å². The number of fused-ring (bicyclic) bond motifs is 1. The number of hydrogen-bond donors (Lipinski definition) is 1. The van der Waals surface area contributed by atoms with E-state index in [4.69, 9.17) is 9.26 Å². The molecule has 1 aromatic carbocycles. The van der Waals surface area contributed by atoms with E-state index in [0.29, 0.717) is 12.3 Å². The van der Waals surface area contributed by atoms with E-state index < -0.39 is 0 Å². The minimum Gasteiger partial charge on any atom is -0.494 e. The minimum absolute atomic E-state index is 0.103. The van der Waals surface area contributed by atoms with Crippen LogP contribution in [0.15, 0.2) is 28.8 Å². The molecule has 1 N–H and O–H groups in total. The van der Waals surface area contributed by atoms with Gasteiger partial charge in [-0.05, 0) is 50.8 Å². The van der Waals surface area contributed by atoms with Gasteiger partial charge in [0.1, 0.15) is 11.5 Å². The summed E-state index contributed by atoms with van der Waals surface area (Å²) in [5, 5.41) is 6.97. The molecule has 1 amide bonds. The van der Waals surface area contributed by atoms with Crippen LogP contribution in [0.3, 0.4) is 0 Å². The highest BCUT2D eigenvalue weighted by Gasteiger charge is 2.24. The van der Waals surface area contributed by atoms with E-state index in [0.717, 1.165) is 48.3 Å². The van der Waals surface area contributed by atoms with Crippen LogP contribution in [0.25, 0.3) is 0 Å². The third-order valence-electron chi connectivity index (χ3n) is 4.20. The SMILES string of the molecule is CCOc1ccc([C@H](C)NC(=O)c2noc3c2CCCC3)cc1. The highest BCUT2D eigenvalue weighted by Crippen LogP contribution is 2.25. The van der Waals surface area contributed by atoms with Gasteiger partial charge in [-0.2, -0.15) is 0 Å². The molecule has 5 heteroatoms. The fourth-order valence-electron chi connectivity index (χ4n) is 2.93. The fraction of sp³-hybridized carbons (Fsp3) is 0.444. The van der Waals surface area contributed by atoms with E-state index in [-0.39, 0.29) is 11.9 Å². The molecule has 122 valence electrons. The number of benzene rings is 1. The molecule has 0 spiro atoms. The van der Waals surface area contributed by atoms with Crippen molar-refractivity contribution in [1.29, 1.82) is 0 Å². The maximum atomic E-state index is 12.5. The monoisotopic (exact) mass is 314 g/mol. The zero-order valence-corrected chi connectivity index (χ0v) is 13.6. The largest absolute Gasteiger partial charge is 0.494 e. The van der Waals surface area contributed by atoms with E-state index in [1.165, 1.54) is 0 Å². The summed E-state index contributed by atoms with van der Waals surface area (Å²) >= 11 is 0. The maximum Gasteiger partial charge on any atom is 0.274 e. The minimum atomic E-state index is -0.168. The first kappa shape index (κ1) is 15.6. The zero-order chi connectivity index (χ0) is 16.2. The van der Waals surface area contributed by atoms with Crippen molar-refractivity contribution in [3.63, 3.8) is 0 Å². The number of aromatic nitrogens is 1. The summed E-state index contributed by atoms with van der Waals surface area (Å²) < 4.78 is 10.7. The predicted octanol–water partition coefficient (Wildman–Crippen LogP) is 3.44. The molecule has 1 atom stereocenters. The number of hydrogen-bond acceptors (Lipinski definition) is 4. The van der Waals surface area contributed by atoms with Crippen molar-refractivity contribution in [2.24, 2.45) is 0 Å². The Bertz CT molecular complexity index is 676. The van der Waals surface area contributed by atoms with Crippen LogP contribution < -0.4 is 10.1 Å². The van der Waals surface area contributed by atoms with Crippen molar-refractivity contribution < 1.29 is 14.1 Å². The van der Waals surface area contributed by atoms with Gasteiger partial charge in [-0.1, -0.05) is 17.3 Å². The number of ether oxygens (including phenoxy) is 1. The molecule has 3 rings (SSSR count). The zero-order valence-electron chi connectivity index (χ0n) is 13.6. The Balaban J connectivity index is 1.68. The van der Waals surface area contributed by atoms with Crippen LogP contribution in [0.5, 0.6) is 5.75 Å². The van der Waals surface area contributed by atoms with Gasteiger partial charge in [-0.3, -0.25) is 4.79 Å². The highest BCUT2D eigenvalue weighted by atomic mass is 16.5. The summed E-state index contributed by atoms with van der Waals surface area (Å²) in [6.07, 6.45) is 3.94. The third-order valence-corrected chi connectivity index (χ3v) is 4.20. The fourth-order valence-corrected chi connectivity index (χ4v) is 2.93. The molecule has 0 bridgehead atoms. The van der Waals surface area contributed by atoms with E-state index in [2.05, 4.69) is 10.5 Å². The lowest BCUT2D eigenvalue weighted by molar-refractivity contribution is 0.0930. The molecule has 0 fully saturated rings. The van der Waals surface area contributed by atoms with Crippen LogP contribution in [0.2, 0.25) is 0 Å². The molecule has 2 aromatic rings. The van der Waals surface area contributed by atoms with Crippen molar-refractivity contribution in [2.45, 2.75) is 45.6 Å². The van der Waals surface area contributed by atoms with Crippen LogP contribution in [-0.4, -0.2) is 17.7 Å². The topological polar surface area (TPSA) is 64.4 Å². The van der Waals surface area contributed by atoms with E-state index in [9.17, 15) is 4.79 Å². The van der Waals surface area contributed by atoms with Crippen LogP contribution in [0.1, 0.15) is 60.1 Å². The molecule has 1 aromatic heterocycles. The van der Waals surface area contributed by atoms with Crippen molar-refractivity contribution in [3.8, 4) is 5.75 Å². The van der Waals surface area contributed by atoms with Crippen molar-refractivity contribution in [1.82, 2.24) is 10.5 Å². The number of aryl methyl sites for hydroxylation is 1. The third kappa shape index (κ3) is 3.38. The summed E-state index contributed by atoms with van der Waals surface area (Å²) in [5.41, 5.74) is 2.45. The summed E-state index contributed by atoms with van der Waals surface area (Å²) in [4.78, 5) is 12.5. The van der Waals surface area contributed by atoms with Crippen LogP contribution in [-0.2, 0) is 12.8 Å². The lowest BCUT2D eigenvalue weighted by atomic mass is 9.96. The Kier molecular flexibility index (Phi) is 4.65. The number of carbonyl (C=O) groups is 1. The van der Waals surface area contributed by atoms with E-state index >= 15 is 0 Å². The van der Waals surface area contributed by atoms with Gasteiger partial charge in [0.15, 0.2) is 5.69 Å². The maximum absolute atomic E-state index is 12.5. The van der Waals surface area contributed by atoms with Gasteiger partial charge < -0.3 is 14.6 Å². The molecule has 23 heavy (non-hydrogen) atoms. The summed E-state index contributed by atoms with van der Waals surface area (Å²) in [7, 11) is 0. The molecule has 0 radical (unpaired) electrons. The predicted molar refractivity (Wildman–Crippen MR) is 86.6 cm³/mol. The average Bonchev–Trinajstić information content (AvgIpc) is 3.00. The molecule has 0 aliphatic heterocycles. The summed E-state index contributed by atoms with van der Waals surface area (Å²) in [6, 6.07) is 7.66. The van der Waals surface area contributed by atoms with Crippen molar-refractivity contribution >= 4 is 5.91 Å². The Labute approximate surface area is 136 Å². The number of carbonyl (C=O) groups excluding carboxylic acids is 1. The second kappa shape index (κ2) is 6.86. The number of nitrogens with one attached hydrogen (secondary N) is 1. The van der Waals surface area contributed by atoms with Gasteiger partial charge in [0, 0.05) is 12.0 Å². The van der Waals surface area contributed by atoms with Crippen molar-refractivity contribution in [2.75, 3.05) is 6.61 Å². The molecular weight excluding hydrogens is 292 g/mol. The molecule has 0 saturated carbocycles. The number of amides is 1. The lowest BCUT2D eigenvalue weighted by Gasteiger charge is -2.15. The van der Waals surface area contributed by atoms with E-state index in [1.807, 2.05) is 38.1 Å². The smallest absolute Gasteiger partial charge is 0.274 e. The Hall–Kier alpha value is -2.30. The van der Waals surface area contributed by atoms with Crippen LogP contribution >= 0.6 is 0 Å². The molecule has 5 nitrogen and oxygen atoms in total. The van der Waals surface area contributed by atoms with Gasteiger partial charge in [0.25, 0.3) is 5.91 Å². The van der Waals surface area contributed by atoms with Gasteiger partial charge >= 0.3 is 0 Å². The van der Waals surface area contributed by atoms with Crippen LogP contribution in [0, 0.1) is 0 Å². The van der Waals surface area contributed by atoms with Crippen molar-refractivity contribution in [3.05, 3.63) is 46.8 Å². The molecule has 1 heterocycles. The Morgan fingerprint density at radius 3 is 2.78 bits per heavy atom. The summed E-state index contributed by atoms with van der Waals surface area (Å²) in [6.45, 7) is 4.55. The summed E-state index contributed by atoms with van der Waals surface area (Å²) in [5.74, 6) is 1.54. The quantitative estimate of drug-likeness (QED) is 0.918.